The smallest absolute Gasteiger partial charge is 0.343 e. The molecule has 1 amide bonds. The highest BCUT2D eigenvalue weighted by atomic mass is 32.2. The van der Waals surface area contributed by atoms with Crippen LogP contribution in [0, 0.1) is 6.92 Å². The van der Waals surface area contributed by atoms with E-state index in [0.717, 1.165) is 9.87 Å². The molecule has 0 aliphatic heterocycles. The number of aryl methyl sites for hydroxylation is 1. The molecule has 0 atom stereocenters. The van der Waals surface area contributed by atoms with Gasteiger partial charge in [0.15, 0.2) is 6.61 Å². The lowest BCUT2D eigenvalue weighted by atomic mass is 10.2. The number of methoxy groups -OCH3 is 2. The number of rotatable bonds is 11. The van der Waals surface area contributed by atoms with Gasteiger partial charge in [-0.05, 0) is 73.2 Å². The maximum atomic E-state index is 13.4. The summed E-state index contributed by atoms with van der Waals surface area (Å²) in [6, 6.07) is 19.3. The average Bonchev–Trinajstić information content (AvgIpc) is 2.91. The first kappa shape index (κ1) is 27.2. The molecule has 3 aromatic rings. The molecule has 194 valence electrons. The highest BCUT2D eigenvalue weighted by Gasteiger charge is 2.27. The standard InChI is InChI=1S/C26H27N3O7S/c1-19-4-8-21(9-5-19)29(37(32,33)24-14-12-22(34-2)13-15-24)17-25(30)28-27-16-20-6-10-23(11-7-20)36-18-26(31)35-3/h4-16H,17-18H2,1-3H3,(H,28,30)/b27-16-. The van der Waals surface area contributed by atoms with Crippen LogP contribution in [0.1, 0.15) is 11.1 Å². The Morgan fingerprint density at radius 1 is 0.919 bits per heavy atom. The van der Waals surface area contributed by atoms with Gasteiger partial charge >= 0.3 is 5.97 Å². The summed E-state index contributed by atoms with van der Waals surface area (Å²) in [4.78, 5) is 23.8. The summed E-state index contributed by atoms with van der Waals surface area (Å²) in [6.07, 6.45) is 1.40. The Morgan fingerprint density at radius 3 is 2.14 bits per heavy atom. The van der Waals surface area contributed by atoms with Crippen molar-refractivity contribution >= 4 is 33.8 Å². The van der Waals surface area contributed by atoms with Gasteiger partial charge in [-0.1, -0.05) is 17.7 Å². The van der Waals surface area contributed by atoms with Crippen molar-refractivity contribution in [3.63, 3.8) is 0 Å². The molecule has 10 nitrogen and oxygen atoms in total. The van der Waals surface area contributed by atoms with Crippen molar-refractivity contribution in [2.24, 2.45) is 5.10 Å². The molecule has 11 heteroatoms. The maximum absolute atomic E-state index is 13.4. The molecular formula is C26H27N3O7S. The number of anilines is 1. The van der Waals surface area contributed by atoms with Gasteiger partial charge in [0.2, 0.25) is 0 Å². The third-order valence-electron chi connectivity index (χ3n) is 5.12. The van der Waals surface area contributed by atoms with Crippen LogP contribution in [-0.4, -0.2) is 53.9 Å². The van der Waals surface area contributed by atoms with E-state index in [4.69, 9.17) is 9.47 Å². The van der Waals surface area contributed by atoms with Crippen molar-refractivity contribution in [3.05, 3.63) is 83.9 Å². The van der Waals surface area contributed by atoms with Gasteiger partial charge in [0.25, 0.3) is 15.9 Å². The van der Waals surface area contributed by atoms with E-state index in [-0.39, 0.29) is 11.5 Å². The summed E-state index contributed by atoms with van der Waals surface area (Å²) in [7, 11) is -1.31. The molecule has 0 fully saturated rings. The predicted octanol–water partition coefficient (Wildman–Crippen LogP) is 2.90. The van der Waals surface area contributed by atoms with Gasteiger partial charge in [-0.3, -0.25) is 9.10 Å². The van der Waals surface area contributed by atoms with E-state index in [2.05, 4.69) is 15.3 Å². The van der Waals surface area contributed by atoms with E-state index in [1.54, 1.807) is 48.5 Å². The molecule has 0 saturated heterocycles. The Hall–Kier alpha value is -4.38. The van der Waals surface area contributed by atoms with Crippen molar-refractivity contribution in [3.8, 4) is 11.5 Å². The molecule has 1 N–H and O–H groups in total. The second kappa shape index (κ2) is 12.5. The second-order valence-corrected chi connectivity index (χ2v) is 9.61. The van der Waals surface area contributed by atoms with Crippen molar-refractivity contribution in [1.29, 1.82) is 0 Å². The second-order valence-electron chi connectivity index (χ2n) is 7.75. The molecule has 3 aromatic carbocycles. The van der Waals surface area contributed by atoms with E-state index in [0.29, 0.717) is 22.7 Å². The van der Waals surface area contributed by atoms with Gasteiger partial charge in [-0.15, -0.1) is 0 Å². The number of hydrazone groups is 1. The van der Waals surface area contributed by atoms with Crippen LogP contribution < -0.4 is 19.2 Å². The Balaban J connectivity index is 1.71. The lowest BCUT2D eigenvalue weighted by molar-refractivity contribution is -0.142. The van der Waals surface area contributed by atoms with Gasteiger partial charge in [-0.2, -0.15) is 5.10 Å². The number of sulfonamides is 1. The fourth-order valence-electron chi connectivity index (χ4n) is 3.10. The molecule has 0 bridgehead atoms. The number of nitrogens with zero attached hydrogens (tertiary/aromatic N) is 2. The van der Waals surface area contributed by atoms with Crippen molar-refractivity contribution < 1.29 is 32.2 Å². The van der Waals surface area contributed by atoms with E-state index in [1.807, 2.05) is 6.92 Å². The number of nitrogens with one attached hydrogen (secondary N) is 1. The molecular weight excluding hydrogens is 498 g/mol. The SMILES string of the molecule is COC(=O)COc1ccc(/C=N\NC(=O)CN(c2ccc(C)cc2)S(=O)(=O)c2ccc(OC)cc2)cc1. The van der Waals surface area contributed by atoms with Gasteiger partial charge in [0.1, 0.15) is 18.0 Å². The Morgan fingerprint density at radius 2 is 1.54 bits per heavy atom. The third-order valence-corrected chi connectivity index (χ3v) is 6.91. The first-order valence-corrected chi connectivity index (χ1v) is 12.5. The number of esters is 1. The average molecular weight is 526 g/mol. The van der Waals surface area contributed by atoms with Crippen molar-refractivity contribution in [2.75, 3.05) is 31.7 Å². The predicted molar refractivity (Wildman–Crippen MR) is 138 cm³/mol. The summed E-state index contributed by atoms with van der Waals surface area (Å²) in [6.45, 7) is 1.18. The molecule has 3 rings (SSSR count). The summed E-state index contributed by atoms with van der Waals surface area (Å²) < 4.78 is 42.8. The normalized spacial score (nSPS) is 11.1. The molecule has 0 saturated carbocycles. The van der Waals surface area contributed by atoms with Crippen LogP contribution >= 0.6 is 0 Å². The summed E-state index contributed by atoms with van der Waals surface area (Å²) in [5.74, 6) is -0.158. The first-order valence-electron chi connectivity index (χ1n) is 11.1. The van der Waals surface area contributed by atoms with E-state index in [9.17, 15) is 18.0 Å². The Kier molecular flexibility index (Phi) is 9.22. The highest BCUT2D eigenvalue weighted by molar-refractivity contribution is 7.92. The van der Waals surface area contributed by atoms with Gasteiger partial charge in [0.05, 0.1) is 31.0 Å². The monoisotopic (exact) mass is 525 g/mol. The van der Waals surface area contributed by atoms with Gasteiger partial charge in [0, 0.05) is 0 Å². The van der Waals surface area contributed by atoms with Crippen LogP contribution in [0.3, 0.4) is 0 Å². The Bertz CT molecular complexity index is 1340. The lowest BCUT2D eigenvalue weighted by Gasteiger charge is -2.24. The summed E-state index contributed by atoms with van der Waals surface area (Å²) >= 11 is 0. The van der Waals surface area contributed by atoms with Crippen molar-refractivity contribution in [2.45, 2.75) is 11.8 Å². The minimum atomic E-state index is -4.06. The van der Waals surface area contributed by atoms with E-state index in [1.165, 1.54) is 44.7 Å². The van der Waals surface area contributed by atoms with Crippen LogP contribution in [0.15, 0.2) is 82.8 Å². The highest BCUT2D eigenvalue weighted by Crippen LogP contribution is 2.25. The number of benzene rings is 3. The molecule has 0 spiro atoms. The van der Waals surface area contributed by atoms with Crippen LogP contribution in [0.25, 0.3) is 0 Å². The molecule has 0 aliphatic carbocycles. The zero-order valence-electron chi connectivity index (χ0n) is 20.6. The van der Waals surface area contributed by atoms with Crippen LogP contribution in [-0.2, 0) is 24.3 Å². The number of carbonyl (C=O) groups excluding carboxylic acids is 2. The molecule has 0 aromatic heterocycles. The van der Waals surface area contributed by atoms with Crippen LogP contribution in [0.2, 0.25) is 0 Å². The minimum Gasteiger partial charge on any atom is -0.497 e. The zero-order chi connectivity index (χ0) is 26.8. The molecule has 0 heterocycles. The summed E-state index contributed by atoms with van der Waals surface area (Å²) in [5.41, 5.74) is 4.29. The number of ether oxygens (including phenoxy) is 3. The zero-order valence-corrected chi connectivity index (χ0v) is 21.4. The van der Waals surface area contributed by atoms with E-state index >= 15 is 0 Å². The molecule has 37 heavy (non-hydrogen) atoms. The van der Waals surface area contributed by atoms with Crippen molar-refractivity contribution in [1.82, 2.24) is 5.43 Å². The molecule has 0 radical (unpaired) electrons. The number of amides is 1. The van der Waals surface area contributed by atoms with E-state index < -0.39 is 28.4 Å². The number of carbonyl (C=O) groups is 2. The largest absolute Gasteiger partial charge is 0.497 e. The first-order chi connectivity index (χ1) is 17.7. The minimum absolute atomic E-state index is 0.0136. The van der Waals surface area contributed by atoms with Gasteiger partial charge in [-0.25, -0.2) is 18.6 Å². The molecule has 0 aliphatic rings. The quantitative estimate of drug-likeness (QED) is 0.232. The fourth-order valence-corrected chi connectivity index (χ4v) is 4.52. The third kappa shape index (κ3) is 7.55. The number of hydrogen-bond acceptors (Lipinski definition) is 8. The lowest BCUT2D eigenvalue weighted by Crippen LogP contribution is -2.39. The van der Waals surface area contributed by atoms with Gasteiger partial charge < -0.3 is 14.2 Å². The number of hydrogen-bond donors (Lipinski definition) is 1. The Labute approximate surface area is 215 Å². The maximum Gasteiger partial charge on any atom is 0.343 e. The molecule has 0 unspecified atom stereocenters. The fraction of sp³-hybridized carbons (Fsp3) is 0.192. The van der Waals surface area contributed by atoms with Crippen LogP contribution in [0.4, 0.5) is 5.69 Å². The topological polar surface area (TPSA) is 124 Å². The summed E-state index contributed by atoms with van der Waals surface area (Å²) in [5, 5.41) is 3.92. The van der Waals surface area contributed by atoms with Crippen LogP contribution in [0.5, 0.6) is 11.5 Å².